The average molecular weight is 455 g/mol. The first-order valence-corrected chi connectivity index (χ1v) is 10.7. The van der Waals surface area contributed by atoms with E-state index in [-0.39, 0.29) is 6.67 Å². The molecule has 33 heavy (non-hydrogen) atoms. The highest BCUT2D eigenvalue weighted by Gasteiger charge is 2.17. The van der Waals surface area contributed by atoms with Gasteiger partial charge in [0.05, 0.1) is 19.3 Å². The molecule has 0 bridgehead atoms. The van der Waals surface area contributed by atoms with Gasteiger partial charge < -0.3 is 25.8 Å². The Kier molecular flexibility index (Phi) is 8.87. The summed E-state index contributed by atoms with van der Waals surface area (Å²) in [6, 6.07) is 3.56. The van der Waals surface area contributed by atoms with Gasteiger partial charge in [0.1, 0.15) is 11.4 Å². The molecule has 0 aliphatic heterocycles. The highest BCUT2D eigenvalue weighted by atomic mass is 16.6. The minimum atomic E-state index is -0.569. The van der Waals surface area contributed by atoms with Crippen molar-refractivity contribution in [3.63, 3.8) is 0 Å². The third kappa shape index (κ3) is 7.54. The van der Waals surface area contributed by atoms with Gasteiger partial charge in [-0.05, 0) is 68.2 Å². The van der Waals surface area contributed by atoms with E-state index in [4.69, 9.17) is 15.2 Å². The summed E-state index contributed by atoms with van der Waals surface area (Å²) in [5.41, 5.74) is 8.07. The molecule has 1 aromatic carbocycles. The van der Waals surface area contributed by atoms with Gasteiger partial charge in [0.25, 0.3) is 0 Å². The van der Waals surface area contributed by atoms with Crippen LogP contribution in [0.25, 0.3) is 18.5 Å². The number of nitrogens with one attached hydrogen (secondary N) is 3. The molecule has 5 N–H and O–H groups in total. The number of amides is 1. The van der Waals surface area contributed by atoms with Gasteiger partial charge in [0, 0.05) is 17.5 Å². The number of esters is 1. The lowest BCUT2D eigenvalue weighted by atomic mass is 10.0. The summed E-state index contributed by atoms with van der Waals surface area (Å²) in [5, 5.41) is 10.5. The Morgan fingerprint density at radius 3 is 2.58 bits per heavy atom. The van der Waals surface area contributed by atoms with Gasteiger partial charge in [-0.25, -0.2) is 9.59 Å². The van der Waals surface area contributed by atoms with Crippen LogP contribution >= 0.6 is 0 Å². The SMILES string of the molecule is C=Cc1cc(C(=O)OC)c(=C)/c(=C(\NCN)NCC2=CC(NC(=O)OC(C)(C)C)=CCC2)c1. The van der Waals surface area contributed by atoms with E-state index < -0.39 is 17.7 Å². The van der Waals surface area contributed by atoms with Crippen molar-refractivity contribution in [3.05, 3.63) is 63.7 Å². The number of hydrogen-bond acceptors (Lipinski definition) is 7. The lowest BCUT2D eigenvalue weighted by molar-refractivity contribution is 0.0545. The van der Waals surface area contributed by atoms with Crippen LogP contribution in [-0.2, 0) is 9.47 Å². The first-order valence-electron chi connectivity index (χ1n) is 10.7. The summed E-state index contributed by atoms with van der Waals surface area (Å²) in [7, 11) is 1.33. The Bertz CT molecular complexity index is 1080. The van der Waals surface area contributed by atoms with Crippen molar-refractivity contribution in [3.8, 4) is 0 Å². The molecule has 1 aliphatic carbocycles. The zero-order chi connectivity index (χ0) is 24.6. The fourth-order valence-electron chi connectivity index (χ4n) is 3.30. The number of allylic oxidation sites excluding steroid dienone is 2. The molecule has 0 radical (unpaired) electrons. The summed E-state index contributed by atoms with van der Waals surface area (Å²) < 4.78 is 10.2. The van der Waals surface area contributed by atoms with E-state index in [1.54, 1.807) is 12.1 Å². The monoisotopic (exact) mass is 454 g/mol. The van der Waals surface area contributed by atoms with Gasteiger partial charge in [-0.2, -0.15) is 0 Å². The second-order valence-electron chi connectivity index (χ2n) is 8.53. The van der Waals surface area contributed by atoms with Crippen molar-refractivity contribution < 1.29 is 19.1 Å². The Labute approximate surface area is 194 Å². The molecule has 0 spiro atoms. The molecular weight excluding hydrogens is 420 g/mol. The van der Waals surface area contributed by atoms with Crippen molar-refractivity contribution >= 4 is 30.5 Å². The van der Waals surface area contributed by atoms with E-state index >= 15 is 0 Å². The van der Waals surface area contributed by atoms with E-state index in [9.17, 15) is 9.59 Å². The minimum absolute atomic E-state index is 0.179. The van der Waals surface area contributed by atoms with Crippen molar-refractivity contribution in [2.24, 2.45) is 5.73 Å². The molecule has 8 nitrogen and oxygen atoms in total. The number of rotatable bonds is 8. The van der Waals surface area contributed by atoms with Gasteiger partial charge >= 0.3 is 12.1 Å². The van der Waals surface area contributed by atoms with Crippen molar-refractivity contribution in [2.45, 2.75) is 39.2 Å². The largest absolute Gasteiger partial charge is 0.465 e. The van der Waals surface area contributed by atoms with Crippen molar-refractivity contribution in [2.75, 3.05) is 20.3 Å². The lowest BCUT2D eigenvalue weighted by Crippen LogP contribution is -2.42. The summed E-state index contributed by atoms with van der Waals surface area (Å²) in [6.45, 7) is 14.0. The molecule has 1 amide bonds. The fourth-order valence-corrected chi connectivity index (χ4v) is 3.30. The molecule has 0 atom stereocenters. The highest BCUT2D eigenvalue weighted by Crippen LogP contribution is 2.16. The van der Waals surface area contributed by atoms with E-state index in [0.29, 0.717) is 34.1 Å². The Balaban J connectivity index is 2.30. The van der Waals surface area contributed by atoms with Crippen LogP contribution in [0.4, 0.5) is 4.79 Å². The quantitative estimate of drug-likeness (QED) is 0.350. The van der Waals surface area contributed by atoms with Gasteiger partial charge in [-0.3, -0.25) is 5.32 Å². The van der Waals surface area contributed by atoms with Crippen molar-refractivity contribution in [1.82, 2.24) is 16.0 Å². The van der Waals surface area contributed by atoms with Crippen LogP contribution in [0.5, 0.6) is 0 Å². The van der Waals surface area contributed by atoms with Crippen molar-refractivity contribution in [1.29, 1.82) is 0 Å². The van der Waals surface area contributed by atoms with Crippen LogP contribution in [-0.4, -0.2) is 38.0 Å². The number of nitrogens with two attached hydrogens (primary N) is 1. The molecule has 0 saturated carbocycles. The molecule has 0 heterocycles. The standard InChI is InChI=1S/C25H34N4O4/c1-7-17-12-20(16(2)21(13-17)23(30)32-6)22(28-15-26)27-14-18-9-8-10-19(11-18)29-24(31)33-25(3,4)5/h7,10-13,27-28H,1-2,8-9,14-15,26H2,3-6H3,(H,29,31)/b22-20-. The number of ether oxygens (including phenoxy) is 2. The smallest absolute Gasteiger partial charge is 0.412 e. The molecule has 0 saturated heterocycles. The molecule has 1 aliphatic rings. The number of carbonyl (C=O) groups is 2. The van der Waals surface area contributed by atoms with E-state index in [1.807, 2.05) is 39.0 Å². The van der Waals surface area contributed by atoms with Crippen LogP contribution in [0.3, 0.4) is 0 Å². The first kappa shape index (κ1) is 25.7. The lowest BCUT2D eigenvalue weighted by Gasteiger charge is -2.21. The van der Waals surface area contributed by atoms with E-state index in [1.165, 1.54) is 7.11 Å². The zero-order valence-electron chi connectivity index (χ0n) is 19.8. The minimum Gasteiger partial charge on any atom is -0.465 e. The molecule has 2 rings (SSSR count). The molecule has 0 aromatic heterocycles. The summed E-state index contributed by atoms with van der Waals surface area (Å²) in [6.07, 6.45) is 6.66. The normalized spacial score (nSPS) is 14.3. The van der Waals surface area contributed by atoms with Gasteiger partial charge in [0.2, 0.25) is 0 Å². The second-order valence-corrected chi connectivity index (χ2v) is 8.53. The van der Waals surface area contributed by atoms with Crippen LogP contribution in [0.2, 0.25) is 0 Å². The first-order chi connectivity index (χ1) is 15.6. The molecule has 1 aromatic rings. The van der Waals surface area contributed by atoms with E-state index in [0.717, 1.165) is 24.0 Å². The van der Waals surface area contributed by atoms with Crippen LogP contribution in [0, 0.1) is 0 Å². The fraction of sp³-hybridized carbons (Fsp3) is 0.360. The third-order valence-electron chi connectivity index (χ3n) is 4.79. The van der Waals surface area contributed by atoms with Crippen LogP contribution in [0.15, 0.2) is 42.1 Å². The Hall–Kier alpha value is -3.52. The molecular formula is C25H34N4O4. The summed E-state index contributed by atoms with van der Waals surface area (Å²) in [4.78, 5) is 24.3. The van der Waals surface area contributed by atoms with Gasteiger partial charge in [-0.1, -0.05) is 25.3 Å². The van der Waals surface area contributed by atoms with Gasteiger partial charge in [-0.15, -0.1) is 0 Å². The van der Waals surface area contributed by atoms with Gasteiger partial charge in [0.15, 0.2) is 0 Å². The van der Waals surface area contributed by atoms with Crippen LogP contribution < -0.4 is 32.1 Å². The second kappa shape index (κ2) is 11.4. The number of alkyl carbamates (subject to hydrolysis) is 1. The Morgan fingerprint density at radius 2 is 1.97 bits per heavy atom. The third-order valence-corrected chi connectivity index (χ3v) is 4.79. The number of carbonyl (C=O) groups excluding carboxylic acids is 2. The summed E-state index contributed by atoms with van der Waals surface area (Å²) in [5.74, 6) is 0.156. The highest BCUT2D eigenvalue weighted by molar-refractivity contribution is 5.90. The maximum absolute atomic E-state index is 12.2. The average Bonchev–Trinajstić information content (AvgIpc) is 2.75. The number of hydrogen-bond donors (Lipinski definition) is 4. The molecule has 0 fully saturated rings. The predicted octanol–water partition coefficient (Wildman–Crippen LogP) is 1.82. The van der Waals surface area contributed by atoms with E-state index in [2.05, 4.69) is 29.1 Å². The predicted molar refractivity (Wildman–Crippen MR) is 131 cm³/mol. The summed E-state index contributed by atoms with van der Waals surface area (Å²) >= 11 is 0. The molecule has 8 heteroatoms. The zero-order valence-corrected chi connectivity index (χ0v) is 19.8. The number of benzene rings is 1. The van der Waals surface area contributed by atoms with Crippen LogP contribution in [0.1, 0.15) is 49.5 Å². The molecule has 178 valence electrons. The maximum Gasteiger partial charge on any atom is 0.412 e. The Morgan fingerprint density at radius 1 is 1.24 bits per heavy atom. The topological polar surface area (TPSA) is 115 Å². The number of methoxy groups -OCH3 is 1. The maximum atomic E-state index is 12.2. The molecule has 0 unspecified atom stereocenters.